The van der Waals surface area contributed by atoms with Gasteiger partial charge in [0.2, 0.25) is 0 Å². The number of aromatic nitrogens is 1. The Morgan fingerprint density at radius 1 is 1.25 bits per heavy atom. The lowest BCUT2D eigenvalue weighted by atomic mass is 10.0. The Hall–Kier alpha value is -1.15. The first-order valence-corrected chi connectivity index (χ1v) is 5.93. The van der Waals surface area contributed by atoms with Crippen molar-refractivity contribution in [1.82, 2.24) is 10.3 Å². The summed E-state index contributed by atoms with van der Waals surface area (Å²) < 4.78 is 0. The Morgan fingerprint density at radius 2 is 1.88 bits per heavy atom. The minimum absolute atomic E-state index is 0.527. The van der Waals surface area contributed by atoms with Gasteiger partial charge < -0.3 is 5.32 Å². The van der Waals surface area contributed by atoms with Gasteiger partial charge >= 0.3 is 0 Å². The molecule has 16 heavy (non-hydrogen) atoms. The fraction of sp³-hybridized carbons (Fsp3) is 0.500. The summed E-state index contributed by atoms with van der Waals surface area (Å²) >= 11 is 0. The van der Waals surface area contributed by atoms with Crippen molar-refractivity contribution in [2.75, 3.05) is 6.54 Å². The van der Waals surface area contributed by atoms with E-state index in [1.165, 1.54) is 11.1 Å². The van der Waals surface area contributed by atoms with Gasteiger partial charge in [0.1, 0.15) is 0 Å². The smallest absolute Gasteiger partial charge is 0.0273 e. The van der Waals surface area contributed by atoms with E-state index in [4.69, 9.17) is 0 Å². The van der Waals surface area contributed by atoms with Gasteiger partial charge in [0.05, 0.1) is 0 Å². The van der Waals surface area contributed by atoms with Gasteiger partial charge in [-0.3, -0.25) is 4.98 Å². The van der Waals surface area contributed by atoms with Gasteiger partial charge in [0, 0.05) is 25.0 Å². The fourth-order valence-corrected chi connectivity index (χ4v) is 1.42. The minimum atomic E-state index is 0.527. The lowest BCUT2D eigenvalue weighted by molar-refractivity contribution is 0.593. The van der Waals surface area contributed by atoms with Crippen molar-refractivity contribution in [2.45, 2.75) is 33.7 Å². The van der Waals surface area contributed by atoms with Crippen LogP contribution in [-0.2, 0) is 0 Å². The summed E-state index contributed by atoms with van der Waals surface area (Å²) in [6.07, 6.45) is 5.92. The van der Waals surface area contributed by atoms with E-state index in [0.29, 0.717) is 12.0 Å². The predicted molar refractivity (Wildman–Crippen MR) is 70.2 cm³/mol. The van der Waals surface area contributed by atoms with Crippen LogP contribution in [0.2, 0.25) is 0 Å². The van der Waals surface area contributed by atoms with Crippen molar-refractivity contribution in [1.29, 1.82) is 0 Å². The quantitative estimate of drug-likeness (QED) is 0.821. The van der Waals surface area contributed by atoms with Gasteiger partial charge in [-0.15, -0.1) is 0 Å². The molecule has 0 aliphatic rings. The van der Waals surface area contributed by atoms with Gasteiger partial charge in [0.25, 0.3) is 0 Å². The van der Waals surface area contributed by atoms with Crippen LogP contribution in [0.5, 0.6) is 0 Å². The van der Waals surface area contributed by atoms with Gasteiger partial charge in [-0.1, -0.05) is 39.3 Å². The molecule has 0 unspecified atom stereocenters. The molecule has 0 atom stereocenters. The lowest BCUT2D eigenvalue weighted by Crippen LogP contribution is -2.26. The molecule has 0 aliphatic heterocycles. The number of pyridine rings is 1. The van der Waals surface area contributed by atoms with E-state index in [0.717, 1.165) is 6.54 Å². The fourth-order valence-electron chi connectivity index (χ4n) is 1.42. The molecule has 2 heteroatoms. The van der Waals surface area contributed by atoms with Gasteiger partial charge in [-0.25, -0.2) is 0 Å². The van der Waals surface area contributed by atoms with Crippen LogP contribution in [0.4, 0.5) is 0 Å². The van der Waals surface area contributed by atoms with Crippen molar-refractivity contribution in [3.63, 3.8) is 0 Å². The van der Waals surface area contributed by atoms with E-state index < -0.39 is 0 Å². The molecule has 0 aromatic carbocycles. The molecule has 1 aromatic rings. The first kappa shape index (κ1) is 12.9. The van der Waals surface area contributed by atoms with Crippen LogP contribution in [0.1, 0.15) is 33.3 Å². The Bertz CT molecular complexity index is 326. The molecule has 1 N–H and O–H groups in total. The molecule has 0 amide bonds. The zero-order chi connectivity index (χ0) is 12.0. The summed E-state index contributed by atoms with van der Waals surface area (Å²) in [5.41, 5.74) is 2.66. The third kappa shape index (κ3) is 4.58. The summed E-state index contributed by atoms with van der Waals surface area (Å²) in [6, 6.07) is 4.61. The lowest BCUT2D eigenvalue weighted by Gasteiger charge is -2.15. The van der Waals surface area contributed by atoms with Crippen LogP contribution in [-0.4, -0.2) is 17.6 Å². The summed E-state index contributed by atoms with van der Waals surface area (Å²) in [4.78, 5) is 4.03. The SMILES string of the molecule is CC(C)NCC(=Cc1ccncc1)C(C)C. The molecule has 1 rings (SSSR count). The third-order valence-corrected chi connectivity index (χ3v) is 2.51. The molecule has 0 saturated carbocycles. The highest BCUT2D eigenvalue weighted by Crippen LogP contribution is 2.13. The molecule has 0 aliphatic carbocycles. The summed E-state index contributed by atoms with van der Waals surface area (Å²) in [6.45, 7) is 9.76. The van der Waals surface area contributed by atoms with E-state index >= 15 is 0 Å². The summed E-state index contributed by atoms with van der Waals surface area (Å²) in [7, 11) is 0. The van der Waals surface area contributed by atoms with Crippen molar-refractivity contribution in [2.24, 2.45) is 5.92 Å². The minimum Gasteiger partial charge on any atom is -0.311 e. The zero-order valence-electron chi connectivity index (χ0n) is 10.7. The highest BCUT2D eigenvalue weighted by molar-refractivity contribution is 5.52. The van der Waals surface area contributed by atoms with Crippen LogP contribution in [0.25, 0.3) is 6.08 Å². The van der Waals surface area contributed by atoms with Crippen molar-refractivity contribution in [3.8, 4) is 0 Å². The maximum atomic E-state index is 4.03. The predicted octanol–water partition coefficient (Wildman–Crippen LogP) is 3.12. The summed E-state index contributed by atoms with van der Waals surface area (Å²) in [5.74, 6) is 0.569. The molecule has 0 saturated heterocycles. The molecule has 88 valence electrons. The van der Waals surface area contributed by atoms with Gasteiger partial charge in [0.15, 0.2) is 0 Å². The number of rotatable bonds is 5. The van der Waals surface area contributed by atoms with E-state index in [1.807, 2.05) is 24.5 Å². The van der Waals surface area contributed by atoms with Crippen LogP contribution >= 0.6 is 0 Å². The van der Waals surface area contributed by atoms with Crippen molar-refractivity contribution < 1.29 is 0 Å². The zero-order valence-corrected chi connectivity index (χ0v) is 10.7. The molecule has 0 fully saturated rings. The number of nitrogens with one attached hydrogen (secondary N) is 1. The number of hydrogen-bond donors (Lipinski definition) is 1. The standard InChI is InChI=1S/C14H22N2/c1-11(2)14(10-16-12(3)4)9-13-5-7-15-8-6-13/h5-9,11-12,16H,10H2,1-4H3. The molecule has 2 nitrogen and oxygen atoms in total. The Kier molecular flexibility index (Phi) is 5.20. The second-order valence-corrected chi connectivity index (χ2v) is 4.69. The van der Waals surface area contributed by atoms with Crippen LogP contribution < -0.4 is 5.32 Å². The average Bonchev–Trinajstić information content (AvgIpc) is 2.25. The first-order valence-electron chi connectivity index (χ1n) is 5.93. The van der Waals surface area contributed by atoms with Crippen molar-refractivity contribution in [3.05, 3.63) is 35.7 Å². The molecule has 1 aromatic heterocycles. The van der Waals surface area contributed by atoms with Crippen LogP contribution in [0, 0.1) is 5.92 Å². The maximum absolute atomic E-state index is 4.03. The monoisotopic (exact) mass is 218 g/mol. The van der Waals surface area contributed by atoms with Crippen LogP contribution in [0.15, 0.2) is 30.1 Å². The highest BCUT2D eigenvalue weighted by Gasteiger charge is 2.04. The summed E-state index contributed by atoms with van der Waals surface area (Å²) in [5, 5.41) is 3.46. The Balaban J connectivity index is 2.73. The molecule has 0 radical (unpaired) electrons. The maximum Gasteiger partial charge on any atom is 0.0273 e. The van der Waals surface area contributed by atoms with E-state index in [-0.39, 0.29) is 0 Å². The molecule has 0 bridgehead atoms. The van der Waals surface area contributed by atoms with E-state index in [9.17, 15) is 0 Å². The normalized spacial score (nSPS) is 12.5. The first-order chi connectivity index (χ1) is 7.59. The molecule has 0 spiro atoms. The highest BCUT2D eigenvalue weighted by atomic mass is 14.9. The van der Waals surface area contributed by atoms with Gasteiger partial charge in [-0.2, -0.15) is 0 Å². The Morgan fingerprint density at radius 3 is 2.38 bits per heavy atom. The largest absolute Gasteiger partial charge is 0.311 e. The number of nitrogens with zero attached hydrogens (tertiary/aromatic N) is 1. The molecule has 1 heterocycles. The average molecular weight is 218 g/mol. The van der Waals surface area contributed by atoms with Gasteiger partial charge in [-0.05, 0) is 23.6 Å². The topological polar surface area (TPSA) is 24.9 Å². The third-order valence-electron chi connectivity index (χ3n) is 2.51. The number of hydrogen-bond acceptors (Lipinski definition) is 2. The Labute approximate surface area is 98.8 Å². The van der Waals surface area contributed by atoms with E-state index in [1.54, 1.807) is 0 Å². The second-order valence-electron chi connectivity index (χ2n) is 4.69. The van der Waals surface area contributed by atoms with Crippen molar-refractivity contribution >= 4 is 6.08 Å². The van der Waals surface area contributed by atoms with Crippen LogP contribution in [0.3, 0.4) is 0 Å². The molecular weight excluding hydrogens is 196 g/mol. The van der Waals surface area contributed by atoms with E-state index in [2.05, 4.69) is 44.1 Å². The molecular formula is C14H22N2. The second kappa shape index (κ2) is 6.44.